The largest absolute Gasteiger partial charge is 0.472 e. The Morgan fingerprint density at radius 1 is 1.75 bits per heavy atom. The lowest BCUT2D eigenvalue weighted by atomic mass is 10.4. The van der Waals surface area contributed by atoms with Crippen LogP contribution in [-0.2, 0) is 9.57 Å². The zero-order valence-corrected chi connectivity index (χ0v) is 5.05. The predicted octanol–water partition coefficient (Wildman–Crippen LogP) is 0.755. The Balaban J connectivity index is 2.45. The minimum atomic E-state index is 0.160. The minimum absolute atomic E-state index is 0.160. The molecule has 0 fully saturated rings. The van der Waals surface area contributed by atoms with Crippen molar-refractivity contribution in [3.63, 3.8) is 0 Å². The van der Waals surface area contributed by atoms with Crippen molar-refractivity contribution in [2.45, 2.75) is 20.0 Å². The van der Waals surface area contributed by atoms with Gasteiger partial charge in [-0.3, -0.25) is 0 Å². The van der Waals surface area contributed by atoms with Crippen molar-refractivity contribution in [2.24, 2.45) is 5.16 Å². The van der Waals surface area contributed by atoms with Crippen molar-refractivity contribution in [1.29, 1.82) is 0 Å². The van der Waals surface area contributed by atoms with Crippen LogP contribution in [0.2, 0.25) is 0 Å². The Morgan fingerprint density at radius 2 is 2.50 bits per heavy atom. The molecule has 0 saturated carbocycles. The maximum absolute atomic E-state index is 5.11. The molecule has 46 valence electrons. The molecule has 1 aliphatic rings. The average molecular weight is 115 g/mol. The van der Waals surface area contributed by atoms with E-state index in [9.17, 15) is 0 Å². The van der Waals surface area contributed by atoms with Crippen LogP contribution in [-0.4, -0.2) is 18.6 Å². The van der Waals surface area contributed by atoms with Crippen molar-refractivity contribution in [3.05, 3.63) is 0 Å². The quantitative estimate of drug-likeness (QED) is 0.466. The molecule has 1 heterocycles. The molecule has 3 nitrogen and oxygen atoms in total. The molecular weight excluding hydrogens is 106 g/mol. The summed E-state index contributed by atoms with van der Waals surface area (Å²) in [5.41, 5.74) is 0. The monoisotopic (exact) mass is 115 g/mol. The summed E-state index contributed by atoms with van der Waals surface area (Å²) in [5, 5.41) is 3.57. The van der Waals surface area contributed by atoms with Gasteiger partial charge in [0.25, 0.3) is 0 Å². The predicted molar refractivity (Wildman–Crippen MR) is 29.6 cm³/mol. The first-order valence-electron chi connectivity index (χ1n) is 2.62. The maximum Gasteiger partial charge on any atom is 0.222 e. The second kappa shape index (κ2) is 2.03. The van der Waals surface area contributed by atoms with Crippen LogP contribution >= 0.6 is 0 Å². The number of rotatable bonds is 0. The van der Waals surface area contributed by atoms with Gasteiger partial charge >= 0.3 is 0 Å². The van der Waals surface area contributed by atoms with Crippen molar-refractivity contribution in [2.75, 3.05) is 6.61 Å². The van der Waals surface area contributed by atoms with Gasteiger partial charge in [0.15, 0.2) is 6.61 Å². The third-order valence-electron chi connectivity index (χ3n) is 0.874. The molecule has 0 spiro atoms. The molecule has 0 saturated heterocycles. The Labute approximate surface area is 48.3 Å². The van der Waals surface area contributed by atoms with E-state index in [2.05, 4.69) is 5.16 Å². The summed E-state index contributed by atoms with van der Waals surface area (Å²) in [5.74, 6) is 0.615. The van der Waals surface area contributed by atoms with Gasteiger partial charge in [-0.25, -0.2) is 0 Å². The lowest BCUT2D eigenvalue weighted by Crippen LogP contribution is -2.22. The third kappa shape index (κ3) is 1.12. The lowest BCUT2D eigenvalue weighted by molar-refractivity contribution is 0.0179. The number of hydrogen-bond donors (Lipinski definition) is 0. The highest BCUT2D eigenvalue weighted by Gasteiger charge is 2.09. The Morgan fingerprint density at radius 3 is 2.88 bits per heavy atom. The van der Waals surface area contributed by atoms with E-state index in [0.717, 1.165) is 0 Å². The highest BCUT2D eigenvalue weighted by atomic mass is 16.7. The van der Waals surface area contributed by atoms with Crippen LogP contribution in [0, 0.1) is 0 Å². The molecule has 0 bridgehead atoms. The second-order valence-electron chi connectivity index (χ2n) is 1.83. The molecule has 1 aliphatic heterocycles. The summed E-state index contributed by atoms with van der Waals surface area (Å²) in [4.78, 5) is 4.76. The lowest BCUT2D eigenvalue weighted by Gasteiger charge is -2.16. The Hall–Kier alpha value is -0.730. The van der Waals surface area contributed by atoms with E-state index in [0.29, 0.717) is 12.5 Å². The molecule has 0 aliphatic carbocycles. The minimum Gasteiger partial charge on any atom is -0.472 e. The van der Waals surface area contributed by atoms with Crippen molar-refractivity contribution >= 4 is 5.90 Å². The van der Waals surface area contributed by atoms with Crippen LogP contribution in [0.15, 0.2) is 5.16 Å². The van der Waals surface area contributed by atoms with Gasteiger partial charge in [-0.05, 0) is 6.92 Å². The van der Waals surface area contributed by atoms with Crippen LogP contribution in [0.4, 0.5) is 0 Å². The van der Waals surface area contributed by atoms with E-state index >= 15 is 0 Å². The molecule has 1 atom stereocenters. The second-order valence-corrected chi connectivity index (χ2v) is 1.83. The molecule has 0 aromatic carbocycles. The smallest absolute Gasteiger partial charge is 0.222 e. The van der Waals surface area contributed by atoms with E-state index in [1.54, 1.807) is 6.92 Å². The number of oxime groups is 1. The first-order chi connectivity index (χ1) is 3.79. The highest BCUT2D eigenvalue weighted by molar-refractivity contribution is 5.72. The molecular formula is C5H9NO2. The molecule has 3 heteroatoms. The van der Waals surface area contributed by atoms with E-state index in [-0.39, 0.29) is 6.10 Å². The molecule has 1 rings (SSSR count). The fourth-order valence-corrected chi connectivity index (χ4v) is 0.580. The van der Waals surface area contributed by atoms with Crippen molar-refractivity contribution in [3.8, 4) is 0 Å². The van der Waals surface area contributed by atoms with Gasteiger partial charge in [-0.15, -0.1) is 0 Å². The van der Waals surface area contributed by atoms with E-state index in [1.165, 1.54) is 0 Å². The van der Waals surface area contributed by atoms with Gasteiger partial charge in [0, 0.05) is 6.92 Å². The van der Waals surface area contributed by atoms with Crippen LogP contribution in [0.1, 0.15) is 13.8 Å². The molecule has 0 radical (unpaired) electrons. The summed E-state index contributed by atoms with van der Waals surface area (Å²) in [7, 11) is 0. The Bertz CT molecular complexity index is 111. The first-order valence-corrected chi connectivity index (χ1v) is 2.62. The third-order valence-corrected chi connectivity index (χ3v) is 0.874. The summed E-state index contributed by atoms with van der Waals surface area (Å²) in [6.45, 7) is 4.28. The summed E-state index contributed by atoms with van der Waals surface area (Å²) < 4.78 is 5.11. The summed E-state index contributed by atoms with van der Waals surface area (Å²) in [6, 6.07) is 0. The highest BCUT2D eigenvalue weighted by Crippen LogP contribution is 2.00. The SMILES string of the molecule is CC1=NOCC(C)O1. The zero-order valence-electron chi connectivity index (χ0n) is 5.05. The van der Waals surface area contributed by atoms with E-state index < -0.39 is 0 Å². The number of ether oxygens (including phenoxy) is 1. The van der Waals surface area contributed by atoms with Gasteiger partial charge in [0.1, 0.15) is 6.10 Å². The van der Waals surface area contributed by atoms with Crippen LogP contribution in [0.3, 0.4) is 0 Å². The van der Waals surface area contributed by atoms with E-state index in [4.69, 9.17) is 9.57 Å². The molecule has 1 unspecified atom stereocenters. The van der Waals surface area contributed by atoms with Crippen LogP contribution in [0.5, 0.6) is 0 Å². The van der Waals surface area contributed by atoms with Gasteiger partial charge in [0.2, 0.25) is 5.90 Å². The molecule has 0 N–H and O–H groups in total. The standard InChI is InChI=1S/C5H9NO2/c1-4-3-7-6-5(2)8-4/h4H,3H2,1-2H3. The normalized spacial score (nSPS) is 27.8. The number of nitrogens with zero attached hydrogens (tertiary/aromatic N) is 1. The van der Waals surface area contributed by atoms with Crippen molar-refractivity contribution in [1.82, 2.24) is 0 Å². The topological polar surface area (TPSA) is 30.8 Å². The van der Waals surface area contributed by atoms with Gasteiger partial charge in [-0.1, -0.05) is 5.16 Å². The fraction of sp³-hybridized carbons (Fsp3) is 0.800. The summed E-state index contributed by atoms with van der Waals surface area (Å²) in [6.07, 6.45) is 0.160. The molecule has 0 aromatic rings. The van der Waals surface area contributed by atoms with Crippen LogP contribution < -0.4 is 0 Å². The molecule has 0 amide bonds. The zero-order chi connectivity index (χ0) is 5.98. The summed E-state index contributed by atoms with van der Waals surface area (Å²) >= 11 is 0. The van der Waals surface area contributed by atoms with Gasteiger partial charge in [0.05, 0.1) is 0 Å². The molecule has 8 heavy (non-hydrogen) atoms. The Kier molecular flexibility index (Phi) is 1.37. The van der Waals surface area contributed by atoms with Crippen molar-refractivity contribution < 1.29 is 9.57 Å². The maximum atomic E-state index is 5.11. The average Bonchev–Trinajstić information content (AvgIpc) is 1.64. The molecule has 0 aromatic heterocycles. The van der Waals surface area contributed by atoms with Crippen LogP contribution in [0.25, 0.3) is 0 Å². The van der Waals surface area contributed by atoms with Gasteiger partial charge < -0.3 is 9.57 Å². The fourth-order valence-electron chi connectivity index (χ4n) is 0.580. The first kappa shape index (κ1) is 5.41. The van der Waals surface area contributed by atoms with Gasteiger partial charge in [-0.2, -0.15) is 0 Å². The number of hydrogen-bond acceptors (Lipinski definition) is 3. The van der Waals surface area contributed by atoms with E-state index in [1.807, 2.05) is 6.92 Å².